The van der Waals surface area contributed by atoms with E-state index >= 15 is 0 Å². The molecule has 19 heavy (non-hydrogen) atoms. The summed E-state index contributed by atoms with van der Waals surface area (Å²) in [5, 5.41) is 4.48. The number of aromatic nitrogens is 1. The number of amides is 1. The van der Waals surface area contributed by atoms with Crippen molar-refractivity contribution in [1.29, 1.82) is 0 Å². The lowest BCUT2D eigenvalue weighted by molar-refractivity contribution is 0.0916. The molecule has 1 heterocycles. The monoisotopic (exact) mass is 321 g/mol. The summed E-state index contributed by atoms with van der Waals surface area (Å²) in [5.41, 5.74) is 6.71. The molecule has 0 fully saturated rings. The van der Waals surface area contributed by atoms with Crippen LogP contribution >= 0.6 is 15.9 Å². The van der Waals surface area contributed by atoms with Crippen LogP contribution in [0.3, 0.4) is 0 Å². The Morgan fingerprint density at radius 3 is 2.58 bits per heavy atom. The van der Waals surface area contributed by atoms with E-state index in [9.17, 15) is 4.79 Å². The van der Waals surface area contributed by atoms with Crippen LogP contribution in [0.15, 0.2) is 28.9 Å². The number of hydrogen-bond acceptors (Lipinski definition) is 3. The number of carbonyl (C=O) groups excluding carboxylic acids is 1. The van der Waals surface area contributed by atoms with Crippen molar-refractivity contribution in [2.75, 3.05) is 5.73 Å². The number of hydrogen-bond donors (Lipinski definition) is 2. The quantitative estimate of drug-likeness (QED) is 0.793. The van der Waals surface area contributed by atoms with Crippen LogP contribution in [-0.4, -0.2) is 16.4 Å². The number of nitrogens with one attached hydrogen (secondary N) is 1. The molecular weight excluding hydrogens is 306 g/mol. The Balaban J connectivity index is 2.56. The normalized spacial score (nSPS) is 11.6. The first kappa shape index (κ1) is 13.8. The first-order valence-electron chi connectivity index (χ1n) is 5.95. The van der Waals surface area contributed by atoms with Gasteiger partial charge in [0.2, 0.25) is 0 Å². The van der Waals surface area contributed by atoms with Crippen LogP contribution in [0.25, 0.3) is 10.8 Å². The highest BCUT2D eigenvalue weighted by molar-refractivity contribution is 9.10. The van der Waals surface area contributed by atoms with Gasteiger partial charge < -0.3 is 11.1 Å². The van der Waals surface area contributed by atoms with Crippen molar-refractivity contribution in [2.24, 2.45) is 0 Å². The van der Waals surface area contributed by atoms with Gasteiger partial charge >= 0.3 is 0 Å². The number of anilines is 1. The Labute approximate surface area is 120 Å². The molecular formula is C14H16BrN3O. The van der Waals surface area contributed by atoms with Gasteiger partial charge in [0.25, 0.3) is 5.91 Å². The third kappa shape index (κ3) is 2.87. The number of nitrogen functional groups attached to an aromatic ring is 1. The fourth-order valence-corrected chi connectivity index (χ4v) is 2.18. The molecule has 0 atom stereocenters. The van der Waals surface area contributed by atoms with Crippen LogP contribution in [0.1, 0.15) is 31.3 Å². The molecule has 4 nitrogen and oxygen atoms in total. The van der Waals surface area contributed by atoms with Crippen LogP contribution in [0.2, 0.25) is 0 Å². The zero-order chi connectivity index (χ0) is 14.2. The van der Waals surface area contributed by atoms with Gasteiger partial charge in [-0.2, -0.15) is 0 Å². The van der Waals surface area contributed by atoms with Crippen molar-refractivity contribution in [2.45, 2.75) is 26.3 Å². The largest absolute Gasteiger partial charge is 0.397 e. The molecule has 3 N–H and O–H groups in total. The second kappa shape index (κ2) is 4.81. The molecule has 0 unspecified atom stereocenters. The molecule has 1 amide bonds. The summed E-state index contributed by atoms with van der Waals surface area (Å²) in [6, 6.07) is 5.48. The van der Waals surface area contributed by atoms with Crippen LogP contribution in [-0.2, 0) is 0 Å². The maximum atomic E-state index is 12.2. The molecule has 1 aromatic heterocycles. The predicted octanol–water partition coefficient (Wildman–Crippen LogP) is 3.11. The summed E-state index contributed by atoms with van der Waals surface area (Å²) in [7, 11) is 0. The Kier molecular flexibility index (Phi) is 3.49. The lowest BCUT2D eigenvalue weighted by Gasteiger charge is -2.20. The minimum Gasteiger partial charge on any atom is -0.397 e. The average Bonchev–Trinajstić information content (AvgIpc) is 2.31. The molecule has 2 aromatic rings. The first-order chi connectivity index (χ1) is 8.79. The predicted molar refractivity (Wildman–Crippen MR) is 81.1 cm³/mol. The van der Waals surface area contributed by atoms with Gasteiger partial charge in [-0.15, -0.1) is 0 Å². The van der Waals surface area contributed by atoms with E-state index in [0.717, 1.165) is 15.2 Å². The molecule has 0 radical (unpaired) electrons. The van der Waals surface area contributed by atoms with E-state index in [1.54, 1.807) is 6.20 Å². The highest BCUT2D eigenvalue weighted by Crippen LogP contribution is 2.29. The van der Waals surface area contributed by atoms with Gasteiger partial charge in [-0.1, -0.05) is 6.07 Å². The fraction of sp³-hybridized carbons (Fsp3) is 0.286. The van der Waals surface area contributed by atoms with Crippen molar-refractivity contribution in [3.05, 3.63) is 34.6 Å². The van der Waals surface area contributed by atoms with E-state index in [1.807, 2.05) is 39.0 Å². The summed E-state index contributed by atoms with van der Waals surface area (Å²) in [4.78, 5) is 16.4. The minimum absolute atomic E-state index is 0.195. The van der Waals surface area contributed by atoms with Crippen molar-refractivity contribution in [1.82, 2.24) is 10.3 Å². The van der Waals surface area contributed by atoms with Crippen molar-refractivity contribution >= 4 is 38.3 Å². The zero-order valence-corrected chi connectivity index (χ0v) is 12.7. The van der Waals surface area contributed by atoms with Crippen LogP contribution in [0.5, 0.6) is 0 Å². The second-order valence-corrected chi connectivity index (χ2v) is 6.27. The lowest BCUT2D eigenvalue weighted by Crippen LogP contribution is -2.41. The van der Waals surface area contributed by atoms with Crippen molar-refractivity contribution < 1.29 is 4.79 Å². The molecule has 0 aliphatic heterocycles. The maximum absolute atomic E-state index is 12.2. The Morgan fingerprint density at radius 1 is 1.26 bits per heavy atom. The van der Waals surface area contributed by atoms with Crippen LogP contribution < -0.4 is 11.1 Å². The zero-order valence-electron chi connectivity index (χ0n) is 11.1. The SMILES string of the molecule is CC(C)(C)NC(=O)c1nccc2c(N)c(Br)ccc12. The maximum Gasteiger partial charge on any atom is 0.270 e. The number of pyridine rings is 1. The van der Waals surface area contributed by atoms with Gasteiger partial charge in [-0.3, -0.25) is 9.78 Å². The van der Waals surface area contributed by atoms with E-state index in [-0.39, 0.29) is 11.4 Å². The molecule has 0 saturated heterocycles. The van der Waals surface area contributed by atoms with Gasteiger partial charge in [-0.25, -0.2) is 0 Å². The smallest absolute Gasteiger partial charge is 0.270 e. The molecule has 0 spiro atoms. The Bertz CT molecular complexity index is 647. The van der Waals surface area contributed by atoms with E-state index in [2.05, 4.69) is 26.2 Å². The van der Waals surface area contributed by atoms with Gasteiger partial charge in [0, 0.05) is 27.0 Å². The van der Waals surface area contributed by atoms with E-state index in [4.69, 9.17) is 5.73 Å². The number of fused-ring (bicyclic) bond motifs is 1. The average molecular weight is 322 g/mol. The number of rotatable bonds is 1. The number of nitrogens with zero attached hydrogens (tertiary/aromatic N) is 1. The van der Waals surface area contributed by atoms with Gasteiger partial charge in [0.05, 0.1) is 5.69 Å². The van der Waals surface area contributed by atoms with Crippen LogP contribution in [0.4, 0.5) is 5.69 Å². The van der Waals surface area contributed by atoms with Crippen molar-refractivity contribution in [3.8, 4) is 0 Å². The van der Waals surface area contributed by atoms with Crippen LogP contribution in [0, 0.1) is 0 Å². The molecule has 0 saturated carbocycles. The molecule has 2 rings (SSSR count). The molecule has 0 bridgehead atoms. The summed E-state index contributed by atoms with van der Waals surface area (Å²) in [5.74, 6) is -0.195. The summed E-state index contributed by atoms with van der Waals surface area (Å²) < 4.78 is 0.813. The third-order valence-electron chi connectivity index (χ3n) is 2.64. The van der Waals surface area contributed by atoms with Gasteiger partial charge in [-0.05, 0) is 48.8 Å². The van der Waals surface area contributed by atoms with Gasteiger partial charge in [0.15, 0.2) is 0 Å². The Morgan fingerprint density at radius 2 is 1.95 bits per heavy atom. The highest BCUT2D eigenvalue weighted by atomic mass is 79.9. The van der Waals surface area contributed by atoms with E-state index in [0.29, 0.717) is 11.4 Å². The number of nitrogens with two attached hydrogens (primary N) is 1. The number of carbonyl (C=O) groups is 1. The van der Waals surface area contributed by atoms with E-state index in [1.165, 1.54) is 0 Å². The second-order valence-electron chi connectivity index (χ2n) is 5.42. The van der Waals surface area contributed by atoms with Crippen molar-refractivity contribution in [3.63, 3.8) is 0 Å². The third-order valence-corrected chi connectivity index (χ3v) is 3.33. The number of halogens is 1. The highest BCUT2D eigenvalue weighted by Gasteiger charge is 2.19. The minimum atomic E-state index is -0.304. The summed E-state index contributed by atoms with van der Waals surface area (Å²) in [6.07, 6.45) is 1.60. The molecule has 5 heteroatoms. The topological polar surface area (TPSA) is 68.0 Å². The standard InChI is InChI=1S/C14H16BrN3O/c1-14(2,3)18-13(19)12-9-4-5-10(15)11(16)8(9)6-7-17-12/h4-7H,16H2,1-3H3,(H,18,19). The Hall–Kier alpha value is -1.62. The van der Waals surface area contributed by atoms with E-state index < -0.39 is 0 Å². The first-order valence-corrected chi connectivity index (χ1v) is 6.74. The molecule has 0 aliphatic rings. The molecule has 100 valence electrons. The molecule has 1 aromatic carbocycles. The lowest BCUT2D eigenvalue weighted by atomic mass is 10.1. The van der Waals surface area contributed by atoms with Gasteiger partial charge in [0.1, 0.15) is 5.69 Å². The summed E-state index contributed by atoms with van der Waals surface area (Å²) in [6.45, 7) is 5.79. The fourth-order valence-electron chi connectivity index (χ4n) is 1.83. The molecule has 0 aliphatic carbocycles. The summed E-state index contributed by atoms with van der Waals surface area (Å²) >= 11 is 3.38. The number of benzene rings is 1.